The van der Waals surface area contributed by atoms with Gasteiger partial charge in [0, 0.05) is 16.6 Å². The van der Waals surface area contributed by atoms with Gasteiger partial charge < -0.3 is 4.90 Å². The topological polar surface area (TPSA) is 73.2 Å². The molecule has 0 saturated carbocycles. The number of hydrogen-bond acceptors (Lipinski definition) is 4. The molecule has 1 N–H and O–H groups in total. The average Bonchev–Trinajstić information content (AvgIpc) is 2.78. The van der Waals surface area contributed by atoms with Crippen molar-refractivity contribution in [3.05, 3.63) is 87.9 Å². The third-order valence-corrected chi connectivity index (χ3v) is 7.14. The van der Waals surface area contributed by atoms with Crippen LogP contribution in [0.3, 0.4) is 0 Å². The number of halogens is 2. The van der Waals surface area contributed by atoms with E-state index >= 15 is 0 Å². The van der Waals surface area contributed by atoms with Gasteiger partial charge in [-0.25, -0.2) is 13.1 Å². The van der Waals surface area contributed by atoms with Crippen LogP contribution in [0.5, 0.6) is 0 Å². The molecule has 0 spiro atoms. The van der Waals surface area contributed by atoms with E-state index in [4.69, 9.17) is 28.5 Å². The third-order valence-electron chi connectivity index (χ3n) is 5.30. The van der Waals surface area contributed by atoms with Crippen molar-refractivity contribution in [3.63, 3.8) is 0 Å². The Labute approximate surface area is 205 Å². The summed E-state index contributed by atoms with van der Waals surface area (Å²) in [6, 6.07) is 21.9. The van der Waals surface area contributed by atoms with E-state index in [2.05, 4.69) is 15.7 Å². The minimum Gasteiger partial charge on any atom is -0.309 e. The van der Waals surface area contributed by atoms with Crippen molar-refractivity contribution in [1.29, 1.82) is 5.26 Å². The van der Waals surface area contributed by atoms with Crippen molar-refractivity contribution in [2.75, 3.05) is 27.2 Å². The molecule has 33 heavy (non-hydrogen) atoms. The van der Waals surface area contributed by atoms with E-state index in [1.807, 2.05) is 56.6 Å². The number of nitriles is 1. The van der Waals surface area contributed by atoms with Crippen molar-refractivity contribution in [1.82, 2.24) is 9.62 Å². The van der Waals surface area contributed by atoms with Gasteiger partial charge in [0.25, 0.3) is 0 Å². The molecule has 172 valence electrons. The molecule has 0 aliphatic carbocycles. The second-order valence-electron chi connectivity index (χ2n) is 8.06. The summed E-state index contributed by atoms with van der Waals surface area (Å²) in [6.07, 6.45) is 0.773. The van der Waals surface area contributed by atoms with Gasteiger partial charge in [-0.2, -0.15) is 5.26 Å². The second-order valence-corrected chi connectivity index (χ2v) is 10.7. The maximum Gasteiger partial charge on any atom is 0.240 e. The highest BCUT2D eigenvalue weighted by molar-refractivity contribution is 7.89. The highest BCUT2D eigenvalue weighted by atomic mass is 35.5. The lowest BCUT2D eigenvalue weighted by Gasteiger charge is -2.21. The zero-order valence-corrected chi connectivity index (χ0v) is 20.8. The van der Waals surface area contributed by atoms with Crippen molar-refractivity contribution in [2.24, 2.45) is 0 Å². The summed E-state index contributed by atoms with van der Waals surface area (Å²) in [5.74, 6) is -0.0312. The molecule has 3 rings (SSSR count). The number of benzene rings is 3. The number of sulfonamides is 1. The summed E-state index contributed by atoms with van der Waals surface area (Å²) >= 11 is 12.0. The Balaban J connectivity index is 1.81. The molecule has 0 saturated heterocycles. The van der Waals surface area contributed by atoms with E-state index in [1.165, 1.54) is 18.2 Å². The molecule has 0 heterocycles. The first-order valence-electron chi connectivity index (χ1n) is 10.4. The molecule has 5 nitrogen and oxygen atoms in total. The maximum atomic E-state index is 12.8. The molecular formula is C25H25Cl2N3O2S. The first-order chi connectivity index (χ1) is 15.7. The summed E-state index contributed by atoms with van der Waals surface area (Å²) in [4.78, 5) is 2.11. The summed E-state index contributed by atoms with van der Waals surface area (Å²) in [5.41, 5.74) is 3.60. The van der Waals surface area contributed by atoms with Gasteiger partial charge in [-0.05, 0) is 80.0 Å². The first kappa shape index (κ1) is 25.2. The lowest BCUT2D eigenvalue weighted by molar-refractivity contribution is 0.379. The predicted molar refractivity (Wildman–Crippen MR) is 134 cm³/mol. The number of nitrogens with one attached hydrogen (secondary N) is 1. The number of hydrogen-bond donors (Lipinski definition) is 1. The van der Waals surface area contributed by atoms with Crippen LogP contribution in [0.4, 0.5) is 0 Å². The molecule has 1 unspecified atom stereocenters. The van der Waals surface area contributed by atoms with Crippen molar-refractivity contribution in [3.8, 4) is 17.2 Å². The van der Waals surface area contributed by atoms with Gasteiger partial charge in [0.2, 0.25) is 10.0 Å². The predicted octanol–water partition coefficient (Wildman–Crippen LogP) is 5.55. The van der Waals surface area contributed by atoms with E-state index in [0.29, 0.717) is 5.56 Å². The smallest absolute Gasteiger partial charge is 0.240 e. The van der Waals surface area contributed by atoms with Crippen molar-refractivity contribution < 1.29 is 8.42 Å². The van der Waals surface area contributed by atoms with Crippen LogP contribution in [-0.2, 0) is 10.0 Å². The summed E-state index contributed by atoms with van der Waals surface area (Å²) in [7, 11) is 0.204. The molecule has 0 aliphatic heterocycles. The lowest BCUT2D eigenvalue weighted by Crippen LogP contribution is -2.30. The Morgan fingerprint density at radius 2 is 1.64 bits per heavy atom. The Morgan fingerprint density at radius 1 is 0.970 bits per heavy atom. The fourth-order valence-electron chi connectivity index (χ4n) is 3.49. The van der Waals surface area contributed by atoms with Gasteiger partial charge in [-0.1, -0.05) is 59.6 Å². The van der Waals surface area contributed by atoms with E-state index in [-0.39, 0.29) is 27.4 Å². The molecule has 0 aromatic heterocycles. The van der Waals surface area contributed by atoms with Crippen molar-refractivity contribution >= 4 is 33.2 Å². The monoisotopic (exact) mass is 501 g/mol. The molecule has 8 heteroatoms. The van der Waals surface area contributed by atoms with Crippen LogP contribution in [0.2, 0.25) is 10.0 Å². The van der Waals surface area contributed by atoms with Crippen molar-refractivity contribution in [2.45, 2.75) is 17.2 Å². The van der Waals surface area contributed by atoms with Crippen LogP contribution in [-0.4, -0.2) is 40.5 Å². The molecule has 3 aromatic rings. The second kappa shape index (κ2) is 11.1. The Kier molecular flexibility index (Phi) is 8.52. The zero-order valence-electron chi connectivity index (χ0n) is 18.4. The molecule has 0 fully saturated rings. The van der Waals surface area contributed by atoms with Crippen LogP contribution < -0.4 is 4.72 Å². The van der Waals surface area contributed by atoms with E-state index in [9.17, 15) is 8.42 Å². The normalized spacial score (nSPS) is 12.5. The van der Waals surface area contributed by atoms with Crippen LogP contribution in [0, 0.1) is 11.3 Å². The van der Waals surface area contributed by atoms with Gasteiger partial charge in [-0.3, -0.25) is 0 Å². The fraction of sp³-hybridized carbons (Fsp3) is 0.240. The van der Waals surface area contributed by atoms with Crippen LogP contribution in [0.25, 0.3) is 11.1 Å². The lowest BCUT2D eigenvalue weighted by atomic mass is 9.93. The highest BCUT2D eigenvalue weighted by Crippen LogP contribution is 2.27. The Hall–Kier alpha value is -2.40. The standard InChI is InChI=1S/C25H25Cl2N3O2S/c1-30(2)11-10-22(17-29-33(31,32)25-14-23(26)13-24(27)15-25)20-8-6-19(7-9-20)21-5-3-4-18(12-21)16-28/h3-9,12-15,22,29H,10-11,17H2,1-2H3. The average molecular weight is 502 g/mol. The quantitative estimate of drug-likeness (QED) is 0.417. The zero-order chi connectivity index (χ0) is 24.0. The van der Waals surface area contributed by atoms with E-state index in [0.717, 1.165) is 29.7 Å². The summed E-state index contributed by atoms with van der Waals surface area (Å²) in [5, 5.41) is 9.68. The molecule has 0 bridgehead atoms. The van der Waals surface area contributed by atoms with Crippen LogP contribution >= 0.6 is 23.2 Å². The minimum absolute atomic E-state index is 0.0312. The van der Waals surface area contributed by atoms with Gasteiger partial charge in [0.05, 0.1) is 16.5 Å². The summed E-state index contributed by atoms with van der Waals surface area (Å²) < 4.78 is 28.4. The largest absolute Gasteiger partial charge is 0.309 e. The maximum absolute atomic E-state index is 12.8. The molecule has 1 atom stereocenters. The van der Waals surface area contributed by atoms with E-state index in [1.54, 1.807) is 6.07 Å². The fourth-order valence-corrected chi connectivity index (χ4v) is 5.30. The van der Waals surface area contributed by atoms with E-state index < -0.39 is 10.0 Å². The minimum atomic E-state index is -3.77. The Morgan fingerprint density at radius 3 is 2.24 bits per heavy atom. The molecular weight excluding hydrogens is 477 g/mol. The van der Waals surface area contributed by atoms with Crippen LogP contribution in [0.15, 0.2) is 71.6 Å². The molecule has 0 aliphatic rings. The summed E-state index contributed by atoms with van der Waals surface area (Å²) in [6.45, 7) is 1.05. The van der Waals surface area contributed by atoms with Gasteiger partial charge in [0.1, 0.15) is 0 Å². The SMILES string of the molecule is CN(C)CCC(CNS(=O)(=O)c1cc(Cl)cc(Cl)c1)c1ccc(-c2cccc(C#N)c2)cc1. The molecule has 3 aromatic carbocycles. The Bertz CT molecular complexity index is 1230. The highest BCUT2D eigenvalue weighted by Gasteiger charge is 2.20. The number of nitrogens with zero attached hydrogens (tertiary/aromatic N) is 2. The molecule has 0 radical (unpaired) electrons. The molecule has 0 amide bonds. The van der Waals surface area contributed by atoms with Gasteiger partial charge in [0.15, 0.2) is 0 Å². The van der Waals surface area contributed by atoms with Crippen LogP contribution in [0.1, 0.15) is 23.5 Å². The van der Waals surface area contributed by atoms with Gasteiger partial charge >= 0.3 is 0 Å². The first-order valence-corrected chi connectivity index (χ1v) is 12.6. The van der Waals surface area contributed by atoms with Gasteiger partial charge in [-0.15, -0.1) is 0 Å². The third kappa shape index (κ3) is 7.04. The number of rotatable bonds is 9.